The van der Waals surface area contributed by atoms with E-state index in [0.29, 0.717) is 6.04 Å². The smallest absolute Gasteiger partial charge is 0.0462 e. The molecule has 1 unspecified atom stereocenters. The maximum atomic E-state index is 6.07. The van der Waals surface area contributed by atoms with Gasteiger partial charge in [0.2, 0.25) is 0 Å². The number of unbranched alkanes of at least 4 members (excludes halogenated alkanes) is 9. The van der Waals surface area contributed by atoms with Gasteiger partial charge in [-0.3, -0.25) is 0 Å². The molecular weight excluding hydrogens is 234 g/mol. The molecule has 2 heteroatoms. The van der Waals surface area contributed by atoms with E-state index in [4.69, 9.17) is 10.5 Å². The van der Waals surface area contributed by atoms with Gasteiger partial charge in [-0.1, -0.05) is 71.1 Å². The Hall–Kier alpha value is -0.0800. The molecule has 0 radical (unpaired) electrons. The van der Waals surface area contributed by atoms with Crippen molar-refractivity contribution in [3.63, 3.8) is 0 Å². The van der Waals surface area contributed by atoms with Crippen LogP contribution < -0.4 is 5.73 Å². The number of rotatable bonds is 15. The van der Waals surface area contributed by atoms with Crippen LogP contribution in [0.1, 0.15) is 90.4 Å². The van der Waals surface area contributed by atoms with Crippen LogP contribution >= 0.6 is 0 Å². The molecule has 0 amide bonds. The molecule has 0 saturated carbocycles. The Morgan fingerprint density at radius 1 is 0.737 bits per heavy atom. The number of methoxy groups -OCH3 is 1. The lowest BCUT2D eigenvalue weighted by molar-refractivity contribution is 0.190. The molecule has 0 aromatic rings. The predicted molar refractivity (Wildman–Crippen MR) is 85.5 cm³/mol. The molecule has 0 saturated heterocycles. The average Bonchev–Trinajstić information content (AvgIpc) is 2.41. The van der Waals surface area contributed by atoms with Gasteiger partial charge in [0.1, 0.15) is 0 Å². The van der Waals surface area contributed by atoms with Crippen molar-refractivity contribution in [2.45, 2.75) is 96.4 Å². The van der Waals surface area contributed by atoms with Gasteiger partial charge in [0.05, 0.1) is 0 Å². The number of hydrogen-bond donors (Lipinski definition) is 1. The van der Waals surface area contributed by atoms with Crippen molar-refractivity contribution in [3.8, 4) is 0 Å². The number of ether oxygens (including phenoxy) is 1. The van der Waals surface area contributed by atoms with Gasteiger partial charge in [0.15, 0.2) is 0 Å². The van der Waals surface area contributed by atoms with E-state index in [1.165, 1.54) is 70.6 Å². The van der Waals surface area contributed by atoms with E-state index in [-0.39, 0.29) is 0 Å². The fourth-order valence-corrected chi connectivity index (χ4v) is 2.53. The Kier molecular flexibility index (Phi) is 15.9. The van der Waals surface area contributed by atoms with Gasteiger partial charge in [0, 0.05) is 19.8 Å². The first-order valence-corrected chi connectivity index (χ1v) is 8.55. The van der Waals surface area contributed by atoms with Crippen LogP contribution in [0.5, 0.6) is 0 Å². The number of nitrogens with two attached hydrogens (primary N) is 1. The highest BCUT2D eigenvalue weighted by Crippen LogP contribution is 2.12. The van der Waals surface area contributed by atoms with Crippen LogP contribution in [0.25, 0.3) is 0 Å². The van der Waals surface area contributed by atoms with Crippen molar-refractivity contribution in [1.29, 1.82) is 0 Å². The summed E-state index contributed by atoms with van der Waals surface area (Å²) >= 11 is 0. The lowest BCUT2D eigenvalue weighted by Crippen LogP contribution is -2.20. The molecule has 0 bridgehead atoms. The minimum absolute atomic E-state index is 0.393. The van der Waals surface area contributed by atoms with E-state index in [1.54, 1.807) is 7.11 Å². The third-order valence-corrected chi connectivity index (χ3v) is 3.85. The molecule has 1 atom stereocenters. The highest BCUT2D eigenvalue weighted by atomic mass is 16.5. The van der Waals surface area contributed by atoms with E-state index in [2.05, 4.69) is 6.92 Å². The molecule has 0 heterocycles. The van der Waals surface area contributed by atoms with Crippen LogP contribution in [0, 0.1) is 0 Å². The fraction of sp³-hybridized carbons (Fsp3) is 1.00. The van der Waals surface area contributed by atoms with Crippen molar-refractivity contribution in [2.75, 3.05) is 13.7 Å². The van der Waals surface area contributed by atoms with E-state index < -0.39 is 0 Å². The van der Waals surface area contributed by atoms with Gasteiger partial charge in [-0.25, -0.2) is 0 Å². The SMILES string of the molecule is CCCCCCCCCCCCC(N)CCCOC. The zero-order valence-corrected chi connectivity index (χ0v) is 13.5. The van der Waals surface area contributed by atoms with Gasteiger partial charge in [0.25, 0.3) is 0 Å². The fourth-order valence-electron chi connectivity index (χ4n) is 2.53. The first-order chi connectivity index (χ1) is 9.31. The molecule has 0 spiro atoms. The highest BCUT2D eigenvalue weighted by molar-refractivity contribution is 4.61. The largest absolute Gasteiger partial charge is 0.385 e. The molecule has 2 N–H and O–H groups in total. The topological polar surface area (TPSA) is 35.2 Å². The standard InChI is InChI=1S/C17H37NO/c1-3-4-5-6-7-8-9-10-11-12-14-17(18)15-13-16-19-2/h17H,3-16,18H2,1-2H3. The van der Waals surface area contributed by atoms with Gasteiger partial charge in [-0.2, -0.15) is 0 Å². The summed E-state index contributed by atoms with van der Waals surface area (Å²) in [4.78, 5) is 0. The van der Waals surface area contributed by atoms with Gasteiger partial charge in [-0.05, 0) is 19.3 Å². The van der Waals surface area contributed by atoms with E-state index in [1.807, 2.05) is 0 Å². The Labute approximate surface area is 121 Å². The first kappa shape index (κ1) is 18.9. The predicted octanol–water partition coefficient (Wildman–Crippen LogP) is 5.05. The molecule has 0 fully saturated rings. The zero-order valence-electron chi connectivity index (χ0n) is 13.5. The minimum Gasteiger partial charge on any atom is -0.385 e. The summed E-state index contributed by atoms with van der Waals surface area (Å²) in [5.74, 6) is 0. The quantitative estimate of drug-likeness (QED) is 0.423. The summed E-state index contributed by atoms with van der Waals surface area (Å²) in [6, 6.07) is 0.393. The van der Waals surface area contributed by atoms with E-state index in [0.717, 1.165) is 19.4 Å². The maximum absolute atomic E-state index is 6.07. The van der Waals surface area contributed by atoms with Crippen molar-refractivity contribution < 1.29 is 4.74 Å². The zero-order chi connectivity index (χ0) is 14.2. The lowest BCUT2D eigenvalue weighted by Gasteiger charge is -2.10. The molecule has 0 aliphatic heterocycles. The lowest BCUT2D eigenvalue weighted by atomic mass is 10.0. The van der Waals surface area contributed by atoms with Gasteiger partial charge < -0.3 is 10.5 Å². The third kappa shape index (κ3) is 15.9. The Bertz CT molecular complexity index is 161. The molecule has 0 aliphatic carbocycles. The maximum Gasteiger partial charge on any atom is 0.0462 e. The first-order valence-electron chi connectivity index (χ1n) is 8.55. The summed E-state index contributed by atoms with van der Waals surface area (Å²) in [5, 5.41) is 0. The van der Waals surface area contributed by atoms with E-state index in [9.17, 15) is 0 Å². The van der Waals surface area contributed by atoms with Crippen LogP contribution in [0.4, 0.5) is 0 Å². The molecule has 116 valence electrons. The third-order valence-electron chi connectivity index (χ3n) is 3.85. The average molecular weight is 271 g/mol. The summed E-state index contributed by atoms with van der Waals surface area (Å²) in [5.41, 5.74) is 6.07. The van der Waals surface area contributed by atoms with E-state index >= 15 is 0 Å². The van der Waals surface area contributed by atoms with Crippen molar-refractivity contribution in [1.82, 2.24) is 0 Å². The Balaban J connectivity index is 3.05. The Morgan fingerprint density at radius 3 is 1.74 bits per heavy atom. The van der Waals surface area contributed by atoms with Crippen LogP contribution in [0.3, 0.4) is 0 Å². The van der Waals surface area contributed by atoms with Gasteiger partial charge in [-0.15, -0.1) is 0 Å². The normalized spacial score (nSPS) is 12.8. The van der Waals surface area contributed by atoms with Crippen molar-refractivity contribution >= 4 is 0 Å². The molecule has 0 aromatic carbocycles. The van der Waals surface area contributed by atoms with Crippen LogP contribution in [-0.4, -0.2) is 19.8 Å². The molecule has 0 rings (SSSR count). The van der Waals surface area contributed by atoms with Crippen molar-refractivity contribution in [3.05, 3.63) is 0 Å². The minimum atomic E-state index is 0.393. The second-order valence-electron chi connectivity index (χ2n) is 5.87. The monoisotopic (exact) mass is 271 g/mol. The molecule has 2 nitrogen and oxygen atoms in total. The number of hydrogen-bond acceptors (Lipinski definition) is 2. The summed E-state index contributed by atoms with van der Waals surface area (Å²) in [7, 11) is 1.76. The molecule has 0 aliphatic rings. The second kappa shape index (κ2) is 16.0. The molecule has 19 heavy (non-hydrogen) atoms. The van der Waals surface area contributed by atoms with Crippen molar-refractivity contribution in [2.24, 2.45) is 5.73 Å². The van der Waals surface area contributed by atoms with Crippen LogP contribution in [0.15, 0.2) is 0 Å². The summed E-state index contributed by atoms with van der Waals surface area (Å²) in [6.45, 7) is 3.13. The van der Waals surface area contributed by atoms with Crippen LogP contribution in [0.2, 0.25) is 0 Å². The van der Waals surface area contributed by atoms with Gasteiger partial charge >= 0.3 is 0 Å². The molecular formula is C17H37NO. The Morgan fingerprint density at radius 2 is 1.21 bits per heavy atom. The summed E-state index contributed by atoms with van der Waals surface area (Å²) < 4.78 is 5.04. The molecule has 0 aromatic heterocycles. The highest BCUT2D eigenvalue weighted by Gasteiger charge is 2.01. The second-order valence-corrected chi connectivity index (χ2v) is 5.87. The summed E-state index contributed by atoms with van der Waals surface area (Å²) in [6.07, 6.45) is 17.4. The van der Waals surface area contributed by atoms with Crippen LogP contribution in [-0.2, 0) is 4.74 Å².